The van der Waals surface area contributed by atoms with Gasteiger partial charge in [0.1, 0.15) is 11.9 Å². The van der Waals surface area contributed by atoms with Gasteiger partial charge >= 0.3 is 0 Å². The first-order valence-electron chi connectivity index (χ1n) is 6.47. The first-order chi connectivity index (χ1) is 9.29. The highest BCUT2D eigenvalue weighted by Gasteiger charge is 2.25. The number of hydrogen-bond acceptors (Lipinski definition) is 2. The largest absolute Gasteiger partial charge is 0.488 e. The van der Waals surface area contributed by atoms with E-state index in [-0.39, 0.29) is 6.10 Å². The molecule has 1 N–H and O–H groups in total. The van der Waals surface area contributed by atoms with E-state index >= 15 is 0 Å². The van der Waals surface area contributed by atoms with E-state index in [1.54, 1.807) is 0 Å². The molecular formula is C16H16ClNO. The van der Waals surface area contributed by atoms with Gasteiger partial charge in [0, 0.05) is 29.1 Å². The Morgan fingerprint density at radius 1 is 1.16 bits per heavy atom. The van der Waals surface area contributed by atoms with Crippen molar-refractivity contribution in [3.63, 3.8) is 0 Å². The zero-order valence-electron chi connectivity index (χ0n) is 10.8. The lowest BCUT2D eigenvalue weighted by molar-refractivity contribution is 0.232. The summed E-state index contributed by atoms with van der Waals surface area (Å²) in [6.07, 6.45) is 1.16. The number of halogens is 1. The highest BCUT2D eigenvalue weighted by Crippen LogP contribution is 2.40. The maximum atomic E-state index is 6.29. The molecule has 0 unspecified atom stereocenters. The van der Waals surface area contributed by atoms with Crippen LogP contribution < -0.4 is 10.1 Å². The number of para-hydroxylation sites is 1. The van der Waals surface area contributed by atoms with Gasteiger partial charge in [0.15, 0.2) is 0 Å². The van der Waals surface area contributed by atoms with Crippen LogP contribution in [0.2, 0.25) is 5.02 Å². The maximum absolute atomic E-state index is 6.29. The van der Waals surface area contributed by atoms with Crippen molar-refractivity contribution in [1.82, 2.24) is 5.32 Å². The van der Waals surface area contributed by atoms with Gasteiger partial charge in [-0.05, 0) is 18.7 Å². The summed E-state index contributed by atoms with van der Waals surface area (Å²) in [4.78, 5) is 0. The van der Waals surface area contributed by atoms with Crippen LogP contribution in [0.15, 0.2) is 42.5 Å². The van der Waals surface area contributed by atoms with E-state index in [0.717, 1.165) is 34.9 Å². The van der Waals surface area contributed by atoms with E-state index in [1.165, 1.54) is 5.56 Å². The molecule has 2 aromatic carbocycles. The molecule has 0 saturated carbocycles. The van der Waals surface area contributed by atoms with Gasteiger partial charge < -0.3 is 10.1 Å². The lowest BCUT2D eigenvalue weighted by Gasteiger charge is -2.12. The number of hydrogen-bond donors (Lipinski definition) is 1. The molecular weight excluding hydrogens is 258 g/mol. The lowest BCUT2D eigenvalue weighted by Crippen LogP contribution is -2.27. The summed E-state index contributed by atoms with van der Waals surface area (Å²) in [6.45, 7) is 0.858. The van der Waals surface area contributed by atoms with Crippen molar-refractivity contribution >= 4 is 11.6 Å². The van der Waals surface area contributed by atoms with Crippen molar-refractivity contribution in [3.05, 3.63) is 53.1 Å². The number of rotatable bonds is 3. The third-order valence-electron chi connectivity index (χ3n) is 3.42. The first kappa shape index (κ1) is 12.5. The molecule has 98 valence electrons. The second-order valence-corrected chi connectivity index (χ2v) is 5.18. The van der Waals surface area contributed by atoms with Gasteiger partial charge in [-0.15, -0.1) is 0 Å². The molecule has 1 aliphatic heterocycles. The quantitative estimate of drug-likeness (QED) is 0.924. The van der Waals surface area contributed by atoms with Crippen molar-refractivity contribution < 1.29 is 4.74 Å². The Morgan fingerprint density at radius 3 is 2.74 bits per heavy atom. The first-order valence-corrected chi connectivity index (χ1v) is 6.85. The predicted molar refractivity (Wildman–Crippen MR) is 78.9 cm³/mol. The topological polar surface area (TPSA) is 21.3 Å². The van der Waals surface area contributed by atoms with E-state index in [1.807, 2.05) is 31.3 Å². The van der Waals surface area contributed by atoms with E-state index in [2.05, 4.69) is 23.5 Å². The predicted octanol–water partition coefficient (Wildman–Crippen LogP) is 3.53. The third-order valence-corrected chi connectivity index (χ3v) is 3.75. The van der Waals surface area contributed by atoms with E-state index < -0.39 is 0 Å². The molecule has 0 bridgehead atoms. The fourth-order valence-electron chi connectivity index (χ4n) is 2.57. The Labute approximate surface area is 118 Å². The Hall–Kier alpha value is -1.51. The van der Waals surface area contributed by atoms with E-state index in [9.17, 15) is 0 Å². The second kappa shape index (κ2) is 5.24. The van der Waals surface area contributed by atoms with Crippen LogP contribution in [0.4, 0.5) is 0 Å². The molecule has 19 heavy (non-hydrogen) atoms. The van der Waals surface area contributed by atoms with Crippen LogP contribution in [-0.4, -0.2) is 19.7 Å². The Kier molecular flexibility index (Phi) is 3.45. The smallest absolute Gasteiger partial charge is 0.131 e. The molecule has 3 heteroatoms. The normalized spacial score (nSPS) is 17.1. The zero-order chi connectivity index (χ0) is 13.2. The van der Waals surface area contributed by atoms with Crippen molar-refractivity contribution in [2.75, 3.05) is 13.6 Å². The lowest BCUT2D eigenvalue weighted by atomic mass is 10.0. The standard InChI is InChI=1S/C16H16ClNO/c1-18-10-12-9-11-5-4-7-14(16(11)19-12)13-6-2-3-8-15(13)17/h2-8,12,18H,9-10H2,1H3/t12-/m0/s1. The van der Waals surface area contributed by atoms with Crippen LogP contribution in [0.3, 0.4) is 0 Å². The monoisotopic (exact) mass is 273 g/mol. The van der Waals surface area contributed by atoms with Crippen molar-refractivity contribution in [1.29, 1.82) is 0 Å². The summed E-state index contributed by atoms with van der Waals surface area (Å²) < 4.78 is 6.07. The number of fused-ring (bicyclic) bond motifs is 1. The molecule has 0 amide bonds. The van der Waals surface area contributed by atoms with Crippen LogP contribution in [-0.2, 0) is 6.42 Å². The minimum atomic E-state index is 0.212. The Balaban J connectivity index is 2.03. The number of likely N-dealkylation sites (N-methyl/N-ethyl adjacent to an activating group) is 1. The number of ether oxygens (including phenoxy) is 1. The van der Waals surface area contributed by atoms with Gasteiger partial charge in [0.05, 0.1) is 0 Å². The van der Waals surface area contributed by atoms with Gasteiger partial charge in [-0.2, -0.15) is 0 Å². The molecule has 1 atom stereocenters. The molecule has 3 rings (SSSR count). The molecule has 0 aromatic heterocycles. The molecule has 0 saturated heterocycles. The Bertz CT molecular complexity index is 597. The van der Waals surface area contributed by atoms with Gasteiger partial charge in [0.2, 0.25) is 0 Å². The highest BCUT2D eigenvalue weighted by molar-refractivity contribution is 6.33. The SMILES string of the molecule is CNC[C@@H]1Cc2cccc(-c3ccccc3Cl)c2O1. The fourth-order valence-corrected chi connectivity index (χ4v) is 2.81. The van der Waals surface area contributed by atoms with E-state index in [0.29, 0.717) is 0 Å². The Morgan fingerprint density at radius 2 is 1.95 bits per heavy atom. The molecule has 0 aliphatic carbocycles. The molecule has 0 radical (unpaired) electrons. The van der Waals surface area contributed by atoms with Crippen LogP contribution in [0.25, 0.3) is 11.1 Å². The maximum Gasteiger partial charge on any atom is 0.131 e. The summed E-state index contributed by atoms with van der Waals surface area (Å²) in [5, 5.41) is 3.92. The fraction of sp³-hybridized carbons (Fsp3) is 0.250. The van der Waals surface area contributed by atoms with Crippen LogP contribution in [0.1, 0.15) is 5.56 Å². The summed E-state index contributed by atoms with van der Waals surface area (Å²) in [6, 6.07) is 14.2. The summed E-state index contributed by atoms with van der Waals surface area (Å²) in [5.74, 6) is 0.982. The van der Waals surface area contributed by atoms with Crippen molar-refractivity contribution in [2.24, 2.45) is 0 Å². The third kappa shape index (κ3) is 2.34. The number of benzene rings is 2. The molecule has 1 heterocycles. The average molecular weight is 274 g/mol. The molecule has 2 nitrogen and oxygen atoms in total. The minimum Gasteiger partial charge on any atom is -0.488 e. The van der Waals surface area contributed by atoms with E-state index in [4.69, 9.17) is 16.3 Å². The molecule has 2 aromatic rings. The summed E-state index contributed by atoms with van der Waals surface area (Å²) in [5.41, 5.74) is 3.38. The van der Waals surface area contributed by atoms with Crippen LogP contribution in [0, 0.1) is 0 Å². The average Bonchev–Trinajstić information content (AvgIpc) is 2.82. The molecule has 0 spiro atoms. The van der Waals surface area contributed by atoms with Crippen molar-refractivity contribution in [3.8, 4) is 16.9 Å². The van der Waals surface area contributed by atoms with Crippen LogP contribution in [0.5, 0.6) is 5.75 Å². The summed E-state index contributed by atoms with van der Waals surface area (Å²) >= 11 is 6.29. The molecule has 1 aliphatic rings. The van der Waals surface area contributed by atoms with Gasteiger partial charge in [0.25, 0.3) is 0 Å². The summed E-state index contributed by atoms with van der Waals surface area (Å²) in [7, 11) is 1.95. The van der Waals surface area contributed by atoms with Crippen LogP contribution >= 0.6 is 11.6 Å². The van der Waals surface area contributed by atoms with Crippen molar-refractivity contribution in [2.45, 2.75) is 12.5 Å². The number of nitrogens with one attached hydrogen (secondary N) is 1. The van der Waals surface area contributed by atoms with Gasteiger partial charge in [-0.25, -0.2) is 0 Å². The van der Waals surface area contributed by atoms with Gasteiger partial charge in [-0.3, -0.25) is 0 Å². The highest BCUT2D eigenvalue weighted by atomic mass is 35.5. The zero-order valence-corrected chi connectivity index (χ0v) is 11.6. The second-order valence-electron chi connectivity index (χ2n) is 4.78. The molecule has 0 fully saturated rings. The minimum absolute atomic E-state index is 0.212. The van der Waals surface area contributed by atoms with Gasteiger partial charge in [-0.1, -0.05) is 48.0 Å².